The molecule has 160 valence electrons. The Kier molecular flexibility index (Phi) is 5.99. The summed E-state index contributed by atoms with van der Waals surface area (Å²) in [5.74, 6) is 0.863. The monoisotopic (exact) mass is 415 g/mol. The van der Waals surface area contributed by atoms with Crippen LogP contribution in [0.1, 0.15) is 62.0 Å². The fraction of sp³-hybridized carbons (Fsp3) is 0.385. The van der Waals surface area contributed by atoms with E-state index in [-0.39, 0.29) is 5.91 Å². The van der Waals surface area contributed by atoms with Crippen LogP contribution in [0.25, 0.3) is 22.2 Å². The Labute approximate surface area is 183 Å². The first-order valence-electron chi connectivity index (χ1n) is 11.2. The fourth-order valence-corrected chi connectivity index (χ4v) is 4.43. The molecule has 1 aliphatic rings. The molecular formula is C26H29N3O2. The maximum atomic E-state index is 12.7. The van der Waals surface area contributed by atoms with Gasteiger partial charge in [0.15, 0.2) is 0 Å². The molecule has 0 saturated heterocycles. The predicted molar refractivity (Wildman–Crippen MR) is 123 cm³/mol. The molecule has 1 aromatic heterocycles. The van der Waals surface area contributed by atoms with Crippen molar-refractivity contribution in [3.05, 3.63) is 53.6 Å². The average Bonchev–Trinajstić information content (AvgIpc) is 3.07. The Hall–Kier alpha value is -3.26. The van der Waals surface area contributed by atoms with Crippen LogP contribution in [0.5, 0.6) is 5.75 Å². The third-order valence-corrected chi connectivity index (χ3v) is 6.29. The summed E-state index contributed by atoms with van der Waals surface area (Å²) in [5, 5.41) is 11.0. The number of hydrogen-bond donors (Lipinski definition) is 0. The lowest BCUT2D eigenvalue weighted by atomic mass is 9.92. The van der Waals surface area contributed by atoms with E-state index >= 15 is 0 Å². The van der Waals surface area contributed by atoms with E-state index in [1.54, 1.807) is 0 Å². The summed E-state index contributed by atoms with van der Waals surface area (Å²) in [7, 11) is 0. The highest BCUT2D eigenvalue weighted by molar-refractivity contribution is 5.97. The minimum Gasteiger partial charge on any atom is -0.494 e. The second-order valence-electron chi connectivity index (χ2n) is 7.96. The Morgan fingerprint density at radius 3 is 2.39 bits per heavy atom. The SMILES string of the molecule is CCOc1ccc2c(C#N)c(-c3ccc(C(=O)N(CC)CC)cc3)n(C3CCC3)c2c1. The van der Waals surface area contributed by atoms with Crippen molar-refractivity contribution in [1.82, 2.24) is 9.47 Å². The molecule has 2 aromatic carbocycles. The molecule has 0 bridgehead atoms. The van der Waals surface area contributed by atoms with Crippen molar-refractivity contribution in [2.24, 2.45) is 0 Å². The van der Waals surface area contributed by atoms with Crippen LogP contribution < -0.4 is 4.74 Å². The van der Waals surface area contributed by atoms with Gasteiger partial charge < -0.3 is 14.2 Å². The zero-order valence-corrected chi connectivity index (χ0v) is 18.5. The molecule has 0 spiro atoms. The summed E-state index contributed by atoms with van der Waals surface area (Å²) in [6, 6.07) is 16.5. The van der Waals surface area contributed by atoms with Crippen LogP contribution in [-0.4, -0.2) is 35.1 Å². The van der Waals surface area contributed by atoms with Crippen LogP contribution in [0, 0.1) is 11.3 Å². The molecule has 1 saturated carbocycles. The van der Waals surface area contributed by atoms with Gasteiger partial charge in [0, 0.05) is 36.1 Å². The lowest BCUT2D eigenvalue weighted by Crippen LogP contribution is -2.30. The van der Waals surface area contributed by atoms with Gasteiger partial charge in [-0.05, 0) is 69.9 Å². The maximum Gasteiger partial charge on any atom is 0.253 e. The first-order chi connectivity index (χ1) is 15.1. The minimum absolute atomic E-state index is 0.0398. The molecular weight excluding hydrogens is 386 g/mol. The second kappa shape index (κ2) is 8.85. The molecule has 0 aliphatic heterocycles. The van der Waals surface area contributed by atoms with Crippen LogP contribution in [0.3, 0.4) is 0 Å². The molecule has 1 amide bonds. The number of hydrogen-bond acceptors (Lipinski definition) is 3. The van der Waals surface area contributed by atoms with E-state index in [9.17, 15) is 10.1 Å². The Bertz CT molecular complexity index is 1130. The molecule has 0 radical (unpaired) electrons. The summed E-state index contributed by atoms with van der Waals surface area (Å²) in [5.41, 5.74) is 4.32. The van der Waals surface area contributed by atoms with E-state index < -0.39 is 0 Å². The number of nitrogens with zero attached hydrogens (tertiary/aromatic N) is 3. The smallest absolute Gasteiger partial charge is 0.253 e. The van der Waals surface area contributed by atoms with Gasteiger partial charge in [-0.3, -0.25) is 4.79 Å². The quantitative estimate of drug-likeness (QED) is 0.491. The molecule has 31 heavy (non-hydrogen) atoms. The summed E-state index contributed by atoms with van der Waals surface area (Å²) >= 11 is 0. The van der Waals surface area contributed by atoms with Gasteiger partial charge in [-0.15, -0.1) is 0 Å². The Morgan fingerprint density at radius 1 is 1.13 bits per heavy atom. The summed E-state index contributed by atoms with van der Waals surface area (Å²) in [6.45, 7) is 7.94. The highest BCUT2D eigenvalue weighted by Crippen LogP contribution is 2.43. The molecule has 0 N–H and O–H groups in total. The number of nitriles is 1. The highest BCUT2D eigenvalue weighted by Gasteiger charge is 2.28. The largest absolute Gasteiger partial charge is 0.494 e. The second-order valence-corrected chi connectivity index (χ2v) is 7.96. The lowest BCUT2D eigenvalue weighted by Gasteiger charge is -2.30. The molecule has 0 unspecified atom stereocenters. The van der Waals surface area contributed by atoms with E-state index in [1.165, 1.54) is 6.42 Å². The number of carbonyl (C=O) groups excluding carboxylic acids is 1. The van der Waals surface area contributed by atoms with Crippen LogP contribution in [0.15, 0.2) is 42.5 Å². The molecule has 5 heteroatoms. The number of rotatable bonds is 7. The summed E-state index contributed by atoms with van der Waals surface area (Å²) in [4.78, 5) is 14.5. The Balaban J connectivity index is 1.85. The normalized spacial score (nSPS) is 13.6. The molecule has 5 nitrogen and oxygen atoms in total. The predicted octanol–water partition coefficient (Wildman–Crippen LogP) is 5.79. The molecule has 4 rings (SSSR count). The van der Waals surface area contributed by atoms with Gasteiger partial charge in [-0.25, -0.2) is 0 Å². The van der Waals surface area contributed by atoms with Gasteiger partial charge in [0.2, 0.25) is 0 Å². The summed E-state index contributed by atoms with van der Waals surface area (Å²) < 4.78 is 8.06. The highest BCUT2D eigenvalue weighted by atomic mass is 16.5. The van der Waals surface area contributed by atoms with Crippen molar-refractivity contribution in [2.75, 3.05) is 19.7 Å². The van der Waals surface area contributed by atoms with Gasteiger partial charge in [0.05, 0.1) is 23.4 Å². The van der Waals surface area contributed by atoms with Crippen molar-refractivity contribution in [3.8, 4) is 23.1 Å². The van der Waals surface area contributed by atoms with Crippen molar-refractivity contribution < 1.29 is 9.53 Å². The van der Waals surface area contributed by atoms with E-state index in [1.807, 2.05) is 62.1 Å². The van der Waals surface area contributed by atoms with E-state index in [0.29, 0.717) is 36.9 Å². The lowest BCUT2D eigenvalue weighted by molar-refractivity contribution is 0.0773. The van der Waals surface area contributed by atoms with Gasteiger partial charge in [0.25, 0.3) is 5.91 Å². The molecule has 3 aromatic rings. The topological polar surface area (TPSA) is 58.3 Å². The van der Waals surface area contributed by atoms with Crippen molar-refractivity contribution in [1.29, 1.82) is 5.26 Å². The minimum atomic E-state index is 0.0398. The number of carbonyl (C=O) groups is 1. The van der Waals surface area contributed by atoms with Crippen LogP contribution >= 0.6 is 0 Å². The van der Waals surface area contributed by atoms with E-state index in [4.69, 9.17) is 4.74 Å². The average molecular weight is 416 g/mol. The fourth-order valence-electron chi connectivity index (χ4n) is 4.43. The number of aromatic nitrogens is 1. The summed E-state index contributed by atoms with van der Waals surface area (Å²) in [6.07, 6.45) is 3.42. The van der Waals surface area contributed by atoms with Crippen LogP contribution in [0.4, 0.5) is 0 Å². The molecule has 1 heterocycles. The molecule has 1 fully saturated rings. The number of benzene rings is 2. The van der Waals surface area contributed by atoms with Gasteiger partial charge in [-0.1, -0.05) is 12.1 Å². The number of ether oxygens (including phenoxy) is 1. The van der Waals surface area contributed by atoms with Crippen LogP contribution in [0.2, 0.25) is 0 Å². The van der Waals surface area contributed by atoms with E-state index in [0.717, 1.165) is 40.8 Å². The van der Waals surface area contributed by atoms with Crippen molar-refractivity contribution in [3.63, 3.8) is 0 Å². The van der Waals surface area contributed by atoms with Crippen LogP contribution in [-0.2, 0) is 0 Å². The van der Waals surface area contributed by atoms with Gasteiger partial charge in [0.1, 0.15) is 11.8 Å². The van der Waals surface area contributed by atoms with Crippen molar-refractivity contribution in [2.45, 2.75) is 46.1 Å². The van der Waals surface area contributed by atoms with Gasteiger partial charge >= 0.3 is 0 Å². The number of fused-ring (bicyclic) bond motifs is 1. The molecule has 1 aliphatic carbocycles. The first-order valence-corrected chi connectivity index (χ1v) is 11.2. The zero-order valence-electron chi connectivity index (χ0n) is 18.5. The Morgan fingerprint density at radius 2 is 1.84 bits per heavy atom. The maximum absolute atomic E-state index is 12.7. The standard InChI is InChI=1S/C26H29N3O2/c1-4-28(5-2)26(30)19-12-10-18(11-13-19)25-23(17-27)22-15-14-21(31-6-3)16-24(22)29(25)20-8-7-9-20/h10-16,20H,4-9H2,1-3H3. The van der Waals surface area contributed by atoms with E-state index in [2.05, 4.69) is 16.7 Å². The van der Waals surface area contributed by atoms with Gasteiger partial charge in [-0.2, -0.15) is 5.26 Å². The number of amides is 1. The first kappa shape index (κ1) is 21.0. The third kappa shape index (κ3) is 3.67. The molecule has 0 atom stereocenters. The zero-order chi connectivity index (χ0) is 22.0. The third-order valence-electron chi connectivity index (χ3n) is 6.29. The van der Waals surface area contributed by atoms with Crippen molar-refractivity contribution >= 4 is 16.8 Å².